The molecule has 1 aromatic heterocycles. The summed E-state index contributed by atoms with van der Waals surface area (Å²) in [6, 6.07) is 21.8. The zero-order valence-corrected chi connectivity index (χ0v) is 18.9. The molecule has 0 unspecified atom stereocenters. The highest BCUT2D eigenvalue weighted by molar-refractivity contribution is 8.02. The predicted molar refractivity (Wildman–Crippen MR) is 128 cm³/mol. The van der Waals surface area contributed by atoms with E-state index in [9.17, 15) is 14.4 Å². The number of para-hydroxylation sites is 1. The zero-order chi connectivity index (χ0) is 22.5. The van der Waals surface area contributed by atoms with E-state index < -0.39 is 5.92 Å². The molecule has 0 saturated heterocycles. The van der Waals surface area contributed by atoms with Crippen molar-refractivity contribution in [2.45, 2.75) is 18.6 Å². The molecular formula is C25H20FN3OS2. The molecule has 1 amide bonds. The Balaban J connectivity index is 1.66. The molecule has 1 atom stereocenters. The maximum atomic E-state index is 13.3. The average molecular weight is 462 g/mol. The average Bonchev–Trinajstić information content (AvgIpc) is 3.33. The van der Waals surface area contributed by atoms with Crippen LogP contribution >= 0.6 is 23.1 Å². The molecule has 7 heteroatoms. The Hall–Kier alpha value is -3.34. The third-order valence-electron chi connectivity index (χ3n) is 5.05. The lowest BCUT2D eigenvalue weighted by atomic mass is 9.86. The van der Waals surface area contributed by atoms with E-state index in [-0.39, 0.29) is 11.7 Å². The summed E-state index contributed by atoms with van der Waals surface area (Å²) in [5.74, 6) is -0.406. The molecule has 1 aliphatic heterocycles. The van der Waals surface area contributed by atoms with E-state index in [4.69, 9.17) is 0 Å². The van der Waals surface area contributed by atoms with Crippen molar-refractivity contribution in [2.24, 2.45) is 0 Å². The van der Waals surface area contributed by atoms with Crippen LogP contribution in [0.2, 0.25) is 0 Å². The summed E-state index contributed by atoms with van der Waals surface area (Å²) < 4.78 is 13.2. The molecule has 0 aliphatic carbocycles. The van der Waals surface area contributed by atoms with Crippen molar-refractivity contribution >= 4 is 34.7 Å². The van der Waals surface area contributed by atoms with E-state index in [2.05, 4.69) is 16.7 Å². The number of thioether (sulfide) groups is 1. The summed E-state index contributed by atoms with van der Waals surface area (Å²) in [4.78, 5) is 14.2. The van der Waals surface area contributed by atoms with Gasteiger partial charge in [-0.1, -0.05) is 36.4 Å². The number of nitriles is 1. The van der Waals surface area contributed by atoms with E-state index in [1.165, 1.54) is 35.2 Å². The maximum absolute atomic E-state index is 13.3. The standard InChI is InChI=1S/C25H20FN3OS2/c1-16-22(24(30)29-19-6-3-2-4-7-19)23(21-8-5-13-31-21)20(14-27)25(28-16)32-15-17-9-11-18(26)12-10-17/h2-13,23,28H,15H2,1H3,(H,29,30)/t23-/m0/s1. The summed E-state index contributed by atoms with van der Waals surface area (Å²) in [6.07, 6.45) is 0. The Morgan fingerprint density at radius 1 is 1.16 bits per heavy atom. The maximum Gasteiger partial charge on any atom is 0.254 e. The molecule has 2 heterocycles. The Kier molecular flexibility index (Phi) is 6.74. The second kappa shape index (κ2) is 9.86. The minimum Gasteiger partial charge on any atom is -0.353 e. The Morgan fingerprint density at radius 3 is 2.56 bits per heavy atom. The first-order valence-electron chi connectivity index (χ1n) is 9.96. The van der Waals surface area contributed by atoms with Gasteiger partial charge in [0.1, 0.15) is 5.82 Å². The van der Waals surface area contributed by atoms with Gasteiger partial charge in [-0.3, -0.25) is 4.79 Å². The lowest BCUT2D eigenvalue weighted by Crippen LogP contribution is -2.30. The number of dihydropyridines is 1. The smallest absolute Gasteiger partial charge is 0.254 e. The third kappa shape index (κ3) is 4.77. The van der Waals surface area contributed by atoms with Crippen LogP contribution in [0.3, 0.4) is 0 Å². The summed E-state index contributed by atoms with van der Waals surface area (Å²) in [7, 11) is 0. The summed E-state index contributed by atoms with van der Waals surface area (Å²) in [5.41, 5.74) is 3.38. The summed E-state index contributed by atoms with van der Waals surface area (Å²) in [5, 5.41) is 19.0. The molecule has 0 saturated carbocycles. The van der Waals surface area contributed by atoms with E-state index in [0.29, 0.717) is 33.3 Å². The van der Waals surface area contributed by atoms with Gasteiger partial charge in [-0.15, -0.1) is 23.1 Å². The molecule has 4 nitrogen and oxygen atoms in total. The van der Waals surface area contributed by atoms with Crippen LogP contribution in [0.5, 0.6) is 0 Å². The first-order chi connectivity index (χ1) is 15.6. The van der Waals surface area contributed by atoms with Crippen molar-refractivity contribution in [3.05, 3.63) is 110 Å². The van der Waals surface area contributed by atoms with Crippen LogP contribution in [0.4, 0.5) is 10.1 Å². The van der Waals surface area contributed by atoms with Gasteiger partial charge in [0, 0.05) is 27.6 Å². The molecule has 160 valence electrons. The topological polar surface area (TPSA) is 64.9 Å². The largest absolute Gasteiger partial charge is 0.353 e. The number of halogens is 1. The fourth-order valence-corrected chi connectivity index (χ4v) is 5.41. The molecule has 0 fully saturated rings. The van der Waals surface area contributed by atoms with Gasteiger partial charge in [-0.2, -0.15) is 5.26 Å². The lowest BCUT2D eigenvalue weighted by Gasteiger charge is -2.29. The molecule has 3 aromatic rings. The van der Waals surface area contributed by atoms with Crippen LogP contribution in [-0.2, 0) is 10.5 Å². The number of rotatable bonds is 6. The van der Waals surface area contributed by atoms with E-state index in [1.807, 2.05) is 54.8 Å². The normalized spacial score (nSPS) is 15.8. The number of hydrogen-bond acceptors (Lipinski definition) is 5. The van der Waals surface area contributed by atoms with Crippen molar-refractivity contribution in [1.82, 2.24) is 5.32 Å². The van der Waals surface area contributed by atoms with Gasteiger partial charge in [0.15, 0.2) is 0 Å². The molecule has 1 aliphatic rings. The van der Waals surface area contributed by atoms with Crippen LogP contribution in [0.15, 0.2) is 94.0 Å². The Bertz CT molecular complexity index is 1210. The van der Waals surface area contributed by atoms with Crippen molar-refractivity contribution in [1.29, 1.82) is 5.26 Å². The second-order valence-corrected chi connectivity index (χ2v) is 9.17. The Labute approximate surface area is 194 Å². The molecule has 0 radical (unpaired) electrons. The quantitative estimate of drug-likeness (QED) is 0.462. The zero-order valence-electron chi connectivity index (χ0n) is 17.3. The van der Waals surface area contributed by atoms with E-state index in [1.54, 1.807) is 12.1 Å². The van der Waals surface area contributed by atoms with Crippen molar-refractivity contribution in [3.63, 3.8) is 0 Å². The highest BCUT2D eigenvalue weighted by atomic mass is 32.2. The van der Waals surface area contributed by atoms with E-state index >= 15 is 0 Å². The first-order valence-corrected chi connectivity index (χ1v) is 11.8. The number of carbonyl (C=O) groups excluding carboxylic acids is 1. The number of nitrogens with zero attached hydrogens (tertiary/aromatic N) is 1. The summed E-state index contributed by atoms with van der Waals surface area (Å²) >= 11 is 2.99. The van der Waals surface area contributed by atoms with Gasteiger partial charge in [0.05, 0.1) is 22.6 Å². The fourth-order valence-electron chi connectivity index (χ4n) is 3.52. The van der Waals surface area contributed by atoms with Crippen LogP contribution in [-0.4, -0.2) is 5.91 Å². The fraction of sp³-hybridized carbons (Fsp3) is 0.120. The van der Waals surface area contributed by atoms with Crippen LogP contribution in [0.1, 0.15) is 23.3 Å². The number of benzene rings is 2. The molecule has 2 aromatic carbocycles. The summed E-state index contributed by atoms with van der Waals surface area (Å²) in [6.45, 7) is 1.85. The predicted octanol–water partition coefficient (Wildman–Crippen LogP) is 6.16. The van der Waals surface area contributed by atoms with Gasteiger partial charge in [0.25, 0.3) is 5.91 Å². The minimum absolute atomic E-state index is 0.241. The number of anilines is 1. The first kappa shape index (κ1) is 21.9. The van der Waals surface area contributed by atoms with Crippen molar-refractivity contribution in [3.8, 4) is 6.07 Å². The molecule has 2 N–H and O–H groups in total. The number of amides is 1. The number of nitrogens with one attached hydrogen (secondary N) is 2. The molecule has 4 rings (SSSR count). The molecule has 32 heavy (non-hydrogen) atoms. The molecular weight excluding hydrogens is 441 g/mol. The molecule has 0 bridgehead atoms. The second-order valence-electron chi connectivity index (χ2n) is 7.20. The van der Waals surface area contributed by atoms with Gasteiger partial charge in [0.2, 0.25) is 0 Å². The highest BCUT2D eigenvalue weighted by Crippen LogP contribution is 2.43. The van der Waals surface area contributed by atoms with Crippen molar-refractivity contribution in [2.75, 3.05) is 5.32 Å². The number of carbonyl (C=O) groups is 1. The Morgan fingerprint density at radius 2 is 1.91 bits per heavy atom. The molecule has 0 spiro atoms. The van der Waals surface area contributed by atoms with Crippen LogP contribution in [0, 0.1) is 17.1 Å². The van der Waals surface area contributed by atoms with Crippen LogP contribution < -0.4 is 10.6 Å². The third-order valence-corrected chi connectivity index (χ3v) is 7.07. The van der Waals surface area contributed by atoms with Gasteiger partial charge < -0.3 is 10.6 Å². The monoisotopic (exact) mass is 461 g/mol. The number of thiophene rings is 1. The lowest BCUT2D eigenvalue weighted by molar-refractivity contribution is -0.113. The SMILES string of the molecule is CC1=C(C(=O)Nc2ccccc2)[C@H](c2cccs2)C(C#N)=C(SCc2ccc(F)cc2)N1. The highest BCUT2D eigenvalue weighted by Gasteiger charge is 2.35. The van der Waals surface area contributed by atoms with E-state index in [0.717, 1.165) is 10.4 Å². The number of allylic oxidation sites excluding steroid dienone is 2. The number of hydrogen-bond donors (Lipinski definition) is 2. The van der Waals surface area contributed by atoms with Crippen molar-refractivity contribution < 1.29 is 9.18 Å². The van der Waals surface area contributed by atoms with Gasteiger partial charge in [-0.05, 0) is 48.2 Å². The van der Waals surface area contributed by atoms with Crippen LogP contribution in [0.25, 0.3) is 0 Å². The van der Waals surface area contributed by atoms with Gasteiger partial charge in [-0.25, -0.2) is 4.39 Å². The van der Waals surface area contributed by atoms with Gasteiger partial charge >= 0.3 is 0 Å². The minimum atomic E-state index is -0.458.